The maximum atomic E-state index is 9.08. The zero-order chi connectivity index (χ0) is 7.68. The molecule has 0 aromatic carbocycles. The Hall–Kier alpha value is -0.0800. The number of rotatable bonds is 1. The van der Waals surface area contributed by atoms with Gasteiger partial charge in [-0.3, -0.25) is 0 Å². The first-order chi connectivity index (χ1) is 5.42. The summed E-state index contributed by atoms with van der Waals surface area (Å²) in [5.41, 5.74) is 0. The molecule has 0 amide bonds. The molecule has 0 bridgehead atoms. The van der Waals surface area contributed by atoms with Crippen LogP contribution in [0.5, 0.6) is 0 Å². The van der Waals surface area contributed by atoms with Gasteiger partial charge in [-0.15, -0.1) is 0 Å². The van der Waals surface area contributed by atoms with E-state index < -0.39 is 0 Å². The van der Waals surface area contributed by atoms with Gasteiger partial charge in [0, 0.05) is 13.2 Å². The highest BCUT2D eigenvalue weighted by molar-refractivity contribution is 4.85. The Balaban J connectivity index is 2.00. The third kappa shape index (κ3) is 1.30. The van der Waals surface area contributed by atoms with Gasteiger partial charge in [0.15, 0.2) is 0 Å². The van der Waals surface area contributed by atoms with Gasteiger partial charge in [-0.1, -0.05) is 6.42 Å². The number of fused-ring (bicyclic) bond motifs is 1. The van der Waals surface area contributed by atoms with Crippen molar-refractivity contribution in [3.05, 3.63) is 0 Å². The average molecular weight is 156 g/mol. The van der Waals surface area contributed by atoms with Crippen molar-refractivity contribution in [2.24, 2.45) is 11.8 Å². The highest BCUT2D eigenvalue weighted by Gasteiger charge is 2.36. The summed E-state index contributed by atoms with van der Waals surface area (Å²) in [5.74, 6) is 1.21. The molecule has 2 nitrogen and oxygen atoms in total. The Morgan fingerprint density at radius 2 is 2.18 bits per heavy atom. The summed E-state index contributed by atoms with van der Waals surface area (Å²) in [6.45, 7) is 1.29. The van der Waals surface area contributed by atoms with Crippen LogP contribution in [0, 0.1) is 11.8 Å². The van der Waals surface area contributed by atoms with Gasteiger partial charge >= 0.3 is 0 Å². The van der Waals surface area contributed by atoms with Crippen LogP contribution in [-0.2, 0) is 4.74 Å². The Labute approximate surface area is 67.6 Å². The van der Waals surface area contributed by atoms with Gasteiger partial charge in [-0.25, -0.2) is 0 Å². The third-order valence-corrected chi connectivity index (χ3v) is 3.16. The van der Waals surface area contributed by atoms with Crippen LogP contribution in [-0.4, -0.2) is 24.4 Å². The molecule has 0 aromatic rings. The lowest BCUT2D eigenvalue weighted by Crippen LogP contribution is -2.30. The van der Waals surface area contributed by atoms with Crippen LogP contribution in [0.4, 0.5) is 0 Å². The predicted molar refractivity (Wildman–Crippen MR) is 42.3 cm³/mol. The molecule has 2 aliphatic rings. The van der Waals surface area contributed by atoms with Crippen molar-refractivity contribution < 1.29 is 9.84 Å². The van der Waals surface area contributed by atoms with Crippen molar-refractivity contribution in [3.8, 4) is 0 Å². The standard InChI is InChI=1S/C9H16O2/c10-6-7-2-1-3-9-8(7)4-5-11-9/h7-10H,1-6H2/t7-,8+,9+/m0/s1. The molecule has 2 heteroatoms. The maximum Gasteiger partial charge on any atom is 0.0607 e. The molecule has 3 atom stereocenters. The first-order valence-electron chi connectivity index (χ1n) is 4.64. The lowest BCUT2D eigenvalue weighted by molar-refractivity contribution is 0.0274. The summed E-state index contributed by atoms with van der Waals surface area (Å²) < 4.78 is 5.58. The fraction of sp³-hybridized carbons (Fsp3) is 1.00. The van der Waals surface area contributed by atoms with Crippen molar-refractivity contribution in [2.45, 2.75) is 31.8 Å². The van der Waals surface area contributed by atoms with Crippen molar-refractivity contribution in [1.82, 2.24) is 0 Å². The van der Waals surface area contributed by atoms with Gasteiger partial charge in [0.05, 0.1) is 6.10 Å². The van der Waals surface area contributed by atoms with Gasteiger partial charge in [-0.05, 0) is 31.1 Å². The Kier molecular flexibility index (Phi) is 2.14. The zero-order valence-electron chi connectivity index (χ0n) is 6.83. The van der Waals surface area contributed by atoms with Crippen LogP contribution in [0.1, 0.15) is 25.7 Å². The quantitative estimate of drug-likeness (QED) is 0.618. The second kappa shape index (κ2) is 3.11. The van der Waals surface area contributed by atoms with E-state index in [0.717, 1.165) is 6.61 Å². The first-order valence-corrected chi connectivity index (χ1v) is 4.64. The van der Waals surface area contributed by atoms with Gasteiger partial charge < -0.3 is 9.84 Å². The lowest BCUT2D eigenvalue weighted by Gasteiger charge is -2.31. The third-order valence-electron chi connectivity index (χ3n) is 3.16. The maximum absolute atomic E-state index is 9.08. The normalized spacial score (nSPS) is 43.9. The minimum absolute atomic E-state index is 0.366. The summed E-state index contributed by atoms with van der Waals surface area (Å²) in [4.78, 5) is 0. The molecule has 0 unspecified atom stereocenters. The minimum atomic E-state index is 0.366. The van der Waals surface area contributed by atoms with Crippen LogP contribution in [0.2, 0.25) is 0 Å². The fourth-order valence-electron chi connectivity index (χ4n) is 2.52. The van der Waals surface area contributed by atoms with E-state index in [1.165, 1.54) is 25.7 Å². The Morgan fingerprint density at radius 1 is 1.27 bits per heavy atom. The van der Waals surface area contributed by atoms with E-state index in [-0.39, 0.29) is 0 Å². The summed E-state index contributed by atoms with van der Waals surface area (Å²) in [6, 6.07) is 0. The monoisotopic (exact) mass is 156 g/mol. The Morgan fingerprint density at radius 3 is 3.00 bits per heavy atom. The molecule has 2 fully saturated rings. The number of ether oxygens (including phenoxy) is 1. The molecule has 11 heavy (non-hydrogen) atoms. The second-order valence-corrected chi connectivity index (χ2v) is 3.74. The van der Waals surface area contributed by atoms with E-state index in [1.807, 2.05) is 0 Å². The highest BCUT2D eigenvalue weighted by atomic mass is 16.5. The lowest BCUT2D eigenvalue weighted by atomic mass is 9.77. The van der Waals surface area contributed by atoms with Gasteiger partial charge in [0.1, 0.15) is 0 Å². The molecule has 0 radical (unpaired) electrons. The molecule has 1 aliphatic heterocycles. The molecular weight excluding hydrogens is 140 g/mol. The van der Waals surface area contributed by atoms with E-state index >= 15 is 0 Å². The number of aliphatic hydroxyl groups is 1. The largest absolute Gasteiger partial charge is 0.396 e. The van der Waals surface area contributed by atoms with Gasteiger partial charge in [0.2, 0.25) is 0 Å². The topological polar surface area (TPSA) is 29.5 Å². The van der Waals surface area contributed by atoms with E-state index in [2.05, 4.69) is 0 Å². The molecule has 1 saturated heterocycles. The van der Waals surface area contributed by atoms with Crippen molar-refractivity contribution in [1.29, 1.82) is 0 Å². The smallest absolute Gasteiger partial charge is 0.0607 e. The SMILES string of the molecule is OC[C@@H]1CCC[C@H]2OCC[C@H]12. The summed E-state index contributed by atoms with van der Waals surface area (Å²) in [7, 11) is 0. The average Bonchev–Trinajstić information content (AvgIpc) is 2.50. The molecule has 1 heterocycles. The van der Waals surface area contributed by atoms with Crippen LogP contribution < -0.4 is 0 Å². The van der Waals surface area contributed by atoms with E-state index in [0.29, 0.717) is 24.5 Å². The summed E-state index contributed by atoms with van der Waals surface area (Å²) >= 11 is 0. The molecule has 1 N–H and O–H groups in total. The molecule has 1 saturated carbocycles. The first kappa shape index (κ1) is 7.56. The van der Waals surface area contributed by atoms with E-state index in [1.54, 1.807) is 0 Å². The highest BCUT2D eigenvalue weighted by Crippen LogP contribution is 2.37. The molecule has 64 valence electrons. The number of aliphatic hydroxyl groups excluding tert-OH is 1. The van der Waals surface area contributed by atoms with Crippen LogP contribution in [0.25, 0.3) is 0 Å². The number of hydrogen-bond donors (Lipinski definition) is 1. The summed E-state index contributed by atoms with van der Waals surface area (Å²) in [6.07, 6.45) is 5.34. The molecule has 0 spiro atoms. The van der Waals surface area contributed by atoms with Gasteiger partial charge in [0.25, 0.3) is 0 Å². The van der Waals surface area contributed by atoms with Crippen LogP contribution in [0.15, 0.2) is 0 Å². The number of hydrogen-bond acceptors (Lipinski definition) is 2. The predicted octanol–water partition coefficient (Wildman–Crippen LogP) is 1.18. The summed E-state index contributed by atoms with van der Waals surface area (Å²) in [5, 5.41) is 9.08. The van der Waals surface area contributed by atoms with E-state index in [4.69, 9.17) is 9.84 Å². The van der Waals surface area contributed by atoms with Gasteiger partial charge in [-0.2, -0.15) is 0 Å². The minimum Gasteiger partial charge on any atom is -0.396 e. The zero-order valence-corrected chi connectivity index (χ0v) is 6.83. The second-order valence-electron chi connectivity index (χ2n) is 3.74. The van der Waals surface area contributed by atoms with Crippen molar-refractivity contribution in [3.63, 3.8) is 0 Å². The van der Waals surface area contributed by atoms with Crippen molar-refractivity contribution >= 4 is 0 Å². The fourth-order valence-corrected chi connectivity index (χ4v) is 2.52. The molecule has 0 aromatic heterocycles. The Bertz CT molecular complexity index is 136. The molecule has 1 aliphatic carbocycles. The van der Waals surface area contributed by atoms with E-state index in [9.17, 15) is 0 Å². The van der Waals surface area contributed by atoms with Crippen LogP contribution >= 0.6 is 0 Å². The molecular formula is C9H16O2. The van der Waals surface area contributed by atoms with Crippen LogP contribution in [0.3, 0.4) is 0 Å². The van der Waals surface area contributed by atoms with Crippen molar-refractivity contribution in [2.75, 3.05) is 13.2 Å². The molecule has 2 rings (SSSR count).